The number of amides is 1. The van der Waals surface area contributed by atoms with Crippen LogP contribution in [0.25, 0.3) is 0 Å². The van der Waals surface area contributed by atoms with E-state index in [0.717, 1.165) is 57.2 Å². The lowest BCUT2D eigenvalue weighted by molar-refractivity contribution is -0.122. The second kappa shape index (κ2) is 7.23. The van der Waals surface area contributed by atoms with Gasteiger partial charge < -0.3 is 15.4 Å². The van der Waals surface area contributed by atoms with Crippen molar-refractivity contribution >= 4 is 11.7 Å². The van der Waals surface area contributed by atoms with E-state index in [0.29, 0.717) is 12.6 Å². The molecule has 1 aromatic heterocycles. The molecule has 0 radical (unpaired) electrons. The molecular formula is C16H25N5O2. The standard InChI is InChI=1S/C16H25N5O2/c1-12-8-15(19-11-18-12)21-5-4-20(9-13(10-21)16(17)22)14-2-6-23-7-3-14/h8,11,13-14H,2-7,9-10H2,1H3,(H2,17,22)/t13-/m1/s1. The molecular weight excluding hydrogens is 294 g/mol. The summed E-state index contributed by atoms with van der Waals surface area (Å²) in [6.07, 6.45) is 3.63. The topological polar surface area (TPSA) is 84.6 Å². The Hall–Kier alpha value is -1.73. The maximum absolute atomic E-state index is 11.9. The average Bonchev–Trinajstić information content (AvgIpc) is 2.79. The Balaban J connectivity index is 1.76. The van der Waals surface area contributed by atoms with Crippen LogP contribution in [0.3, 0.4) is 0 Å². The molecule has 0 aromatic carbocycles. The highest BCUT2D eigenvalue weighted by Gasteiger charge is 2.31. The molecule has 3 rings (SSSR count). The van der Waals surface area contributed by atoms with Gasteiger partial charge in [0.1, 0.15) is 12.1 Å². The zero-order chi connectivity index (χ0) is 16.2. The van der Waals surface area contributed by atoms with Gasteiger partial charge in [0.2, 0.25) is 5.91 Å². The van der Waals surface area contributed by atoms with E-state index in [2.05, 4.69) is 19.8 Å². The summed E-state index contributed by atoms with van der Waals surface area (Å²) in [5.41, 5.74) is 6.58. The molecule has 7 nitrogen and oxygen atoms in total. The summed E-state index contributed by atoms with van der Waals surface area (Å²) in [6, 6.07) is 2.44. The van der Waals surface area contributed by atoms with Gasteiger partial charge in [0.25, 0.3) is 0 Å². The number of nitrogens with zero attached hydrogens (tertiary/aromatic N) is 4. The van der Waals surface area contributed by atoms with E-state index in [9.17, 15) is 4.79 Å². The SMILES string of the molecule is Cc1cc(N2CCN(C3CCOCC3)C[C@@H](C(N)=O)C2)ncn1. The van der Waals surface area contributed by atoms with Gasteiger partial charge in [-0.25, -0.2) is 9.97 Å². The third-order valence-electron chi connectivity index (χ3n) is 4.78. The molecule has 3 heterocycles. The predicted molar refractivity (Wildman–Crippen MR) is 87.1 cm³/mol. The van der Waals surface area contributed by atoms with Gasteiger partial charge in [-0.15, -0.1) is 0 Å². The number of carbonyl (C=O) groups excluding carboxylic acids is 1. The van der Waals surface area contributed by atoms with Crippen LogP contribution in [0.1, 0.15) is 18.5 Å². The summed E-state index contributed by atoms with van der Waals surface area (Å²) in [6.45, 7) is 6.65. The van der Waals surface area contributed by atoms with E-state index in [1.807, 2.05) is 13.0 Å². The second-order valence-corrected chi connectivity index (χ2v) is 6.40. The van der Waals surface area contributed by atoms with Crippen molar-refractivity contribution in [2.45, 2.75) is 25.8 Å². The highest BCUT2D eigenvalue weighted by Crippen LogP contribution is 2.21. The fourth-order valence-corrected chi connectivity index (χ4v) is 3.42. The summed E-state index contributed by atoms with van der Waals surface area (Å²) >= 11 is 0. The fourth-order valence-electron chi connectivity index (χ4n) is 3.42. The largest absolute Gasteiger partial charge is 0.381 e. The summed E-state index contributed by atoms with van der Waals surface area (Å²) in [4.78, 5) is 25.0. The van der Waals surface area contributed by atoms with E-state index in [4.69, 9.17) is 10.5 Å². The van der Waals surface area contributed by atoms with Crippen molar-refractivity contribution in [1.29, 1.82) is 0 Å². The summed E-state index contributed by atoms with van der Waals surface area (Å²) in [5, 5.41) is 0. The van der Waals surface area contributed by atoms with E-state index < -0.39 is 0 Å². The first-order chi connectivity index (χ1) is 11.1. The van der Waals surface area contributed by atoms with Crippen LogP contribution < -0.4 is 10.6 Å². The number of ether oxygens (including phenoxy) is 1. The van der Waals surface area contributed by atoms with Crippen molar-refractivity contribution in [3.05, 3.63) is 18.1 Å². The van der Waals surface area contributed by atoms with Crippen molar-refractivity contribution in [2.75, 3.05) is 44.3 Å². The van der Waals surface area contributed by atoms with Crippen LogP contribution in [0.5, 0.6) is 0 Å². The third-order valence-corrected chi connectivity index (χ3v) is 4.78. The van der Waals surface area contributed by atoms with Gasteiger partial charge in [0, 0.05) is 57.2 Å². The number of rotatable bonds is 3. The van der Waals surface area contributed by atoms with Crippen molar-refractivity contribution in [1.82, 2.24) is 14.9 Å². The zero-order valence-corrected chi connectivity index (χ0v) is 13.6. The summed E-state index contributed by atoms with van der Waals surface area (Å²) in [5.74, 6) is 0.452. The number of hydrogen-bond donors (Lipinski definition) is 1. The van der Waals surface area contributed by atoms with Gasteiger partial charge in [-0.1, -0.05) is 0 Å². The van der Waals surface area contributed by atoms with Gasteiger partial charge in [-0.05, 0) is 19.8 Å². The Kier molecular flexibility index (Phi) is 5.07. The number of nitrogens with two attached hydrogens (primary N) is 1. The van der Waals surface area contributed by atoms with Crippen LogP contribution >= 0.6 is 0 Å². The minimum Gasteiger partial charge on any atom is -0.381 e. The van der Waals surface area contributed by atoms with E-state index in [-0.39, 0.29) is 11.8 Å². The van der Waals surface area contributed by atoms with Gasteiger partial charge in [0.05, 0.1) is 5.92 Å². The Morgan fingerprint density at radius 1 is 1.26 bits per heavy atom. The number of aromatic nitrogens is 2. The first-order valence-corrected chi connectivity index (χ1v) is 8.28. The Bertz CT molecular complexity index is 547. The number of hydrogen-bond acceptors (Lipinski definition) is 6. The number of carbonyl (C=O) groups is 1. The molecule has 1 aromatic rings. The highest BCUT2D eigenvalue weighted by atomic mass is 16.5. The normalized spacial score (nSPS) is 24.4. The highest BCUT2D eigenvalue weighted by molar-refractivity contribution is 5.77. The Morgan fingerprint density at radius 2 is 2.04 bits per heavy atom. The van der Waals surface area contributed by atoms with E-state index in [1.54, 1.807) is 6.33 Å². The fraction of sp³-hybridized carbons (Fsp3) is 0.688. The van der Waals surface area contributed by atoms with Crippen LogP contribution in [0, 0.1) is 12.8 Å². The Morgan fingerprint density at radius 3 is 2.74 bits per heavy atom. The molecule has 0 spiro atoms. The van der Waals surface area contributed by atoms with Crippen molar-refractivity contribution in [3.8, 4) is 0 Å². The smallest absolute Gasteiger partial charge is 0.223 e. The molecule has 7 heteroatoms. The van der Waals surface area contributed by atoms with Gasteiger partial charge >= 0.3 is 0 Å². The third kappa shape index (κ3) is 3.97. The summed E-state index contributed by atoms with van der Waals surface area (Å²) in [7, 11) is 0. The molecule has 0 aliphatic carbocycles. The maximum Gasteiger partial charge on any atom is 0.223 e. The predicted octanol–water partition coefficient (Wildman–Crippen LogP) is 0.188. The quantitative estimate of drug-likeness (QED) is 0.856. The molecule has 0 unspecified atom stereocenters. The van der Waals surface area contributed by atoms with Crippen LogP contribution in [0.4, 0.5) is 5.82 Å². The van der Waals surface area contributed by atoms with Crippen LogP contribution in [-0.2, 0) is 9.53 Å². The van der Waals surface area contributed by atoms with Gasteiger partial charge in [0.15, 0.2) is 0 Å². The molecule has 23 heavy (non-hydrogen) atoms. The molecule has 2 fully saturated rings. The molecule has 2 N–H and O–H groups in total. The van der Waals surface area contributed by atoms with Crippen molar-refractivity contribution < 1.29 is 9.53 Å². The monoisotopic (exact) mass is 319 g/mol. The zero-order valence-electron chi connectivity index (χ0n) is 13.6. The first-order valence-electron chi connectivity index (χ1n) is 8.28. The van der Waals surface area contributed by atoms with E-state index >= 15 is 0 Å². The molecule has 126 valence electrons. The molecule has 1 amide bonds. The van der Waals surface area contributed by atoms with Crippen LogP contribution in [-0.4, -0.2) is 66.2 Å². The first kappa shape index (κ1) is 16.1. The van der Waals surface area contributed by atoms with Crippen molar-refractivity contribution in [3.63, 3.8) is 0 Å². The molecule has 2 aliphatic heterocycles. The lowest BCUT2D eigenvalue weighted by Crippen LogP contribution is -2.44. The molecule has 0 bridgehead atoms. The minimum absolute atomic E-state index is 0.185. The molecule has 2 aliphatic rings. The number of anilines is 1. The number of primary amides is 1. The lowest BCUT2D eigenvalue weighted by atomic mass is 10.0. The number of aryl methyl sites for hydroxylation is 1. The minimum atomic E-state index is -0.236. The van der Waals surface area contributed by atoms with Gasteiger partial charge in [-0.3, -0.25) is 9.69 Å². The van der Waals surface area contributed by atoms with Crippen LogP contribution in [0.2, 0.25) is 0 Å². The lowest BCUT2D eigenvalue weighted by Gasteiger charge is -2.34. The average molecular weight is 319 g/mol. The van der Waals surface area contributed by atoms with Gasteiger partial charge in [-0.2, -0.15) is 0 Å². The maximum atomic E-state index is 11.9. The Labute approximate surface area is 136 Å². The van der Waals surface area contributed by atoms with E-state index in [1.165, 1.54) is 0 Å². The second-order valence-electron chi connectivity index (χ2n) is 6.40. The summed E-state index contributed by atoms with van der Waals surface area (Å²) < 4.78 is 5.45. The van der Waals surface area contributed by atoms with Crippen molar-refractivity contribution in [2.24, 2.45) is 11.7 Å². The van der Waals surface area contributed by atoms with Crippen LogP contribution in [0.15, 0.2) is 12.4 Å². The molecule has 0 saturated carbocycles. The molecule has 1 atom stereocenters. The molecule has 2 saturated heterocycles.